The number of anilines is 1. The lowest BCUT2D eigenvalue weighted by Gasteiger charge is -2.33. The molecule has 0 aliphatic heterocycles. The zero-order valence-corrected chi connectivity index (χ0v) is 25.9. The third-order valence-corrected chi connectivity index (χ3v) is 9.03. The van der Waals surface area contributed by atoms with Crippen LogP contribution >= 0.6 is 23.2 Å². The molecule has 0 aliphatic rings. The van der Waals surface area contributed by atoms with Gasteiger partial charge in [0.25, 0.3) is 10.0 Å². The molecule has 1 N–H and O–H groups in total. The molecule has 41 heavy (non-hydrogen) atoms. The Labute approximate surface area is 252 Å². The van der Waals surface area contributed by atoms with Gasteiger partial charge in [0, 0.05) is 13.1 Å². The zero-order chi connectivity index (χ0) is 30.2. The van der Waals surface area contributed by atoms with Crippen LogP contribution in [-0.4, -0.2) is 51.4 Å². The number of methoxy groups -OCH3 is 1. The van der Waals surface area contributed by atoms with Gasteiger partial charge in [-0.3, -0.25) is 13.9 Å². The molecule has 0 bridgehead atoms. The smallest absolute Gasteiger partial charge is 0.264 e. The van der Waals surface area contributed by atoms with E-state index in [1.165, 1.54) is 35.2 Å². The van der Waals surface area contributed by atoms with Crippen LogP contribution in [-0.2, 0) is 26.2 Å². The van der Waals surface area contributed by atoms with Gasteiger partial charge < -0.3 is 15.0 Å². The maximum atomic E-state index is 14.1. The second kappa shape index (κ2) is 14.6. The van der Waals surface area contributed by atoms with Gasteiger partial charge in [-0.2, -0.15) is 0 Å². The molecule has 3 aromatic carbocycles. The summed E-state index contributed by atoms with van der Waals surface area (Å²) in [5, 5.41) is 3.25. The lowest BCUT2D eigenvalue weighted by molar-refractivity contribution is -0.140. The van der Waals surface area contributed by atoms with Crippen molar-refractivity contribution in [3.8, 4) is 5.75 Å². The number of carbonyl (C=O) groups excluding carboxylic acids is 2. The van der Waals surface area contributed by atoms with Crippen molar-refractivity contribution in [2.75, 3.05) is 24.5 Å². The molecule has 1 atom stereocenters. The van der Waals surface area contributed by atoms with Crippen molar-refractivity contribution >= 4 is 50.7 Å². The van der Waals surface area contributed by atoms with Gasteiger partial charge in [-0.05, 0) is 67.8 Å². The van der Waals surface area contributed by atoms with Crippen LogP contribution in [0.25, 0.3) is 0 Å². The lowest BCUT2D eigenvalue weighted by atomic mass is 10.1. The normalized spacial score (nSPS) is 12.0. The van der Waals surface area contributed by atoms with Crippen LogP contribution in [0.5, 0.6) is 5.75 Å². The van der Waals surface area contributed by atoms with Crippen molar-refractivity contribution in [2.24, 2.45) is 0 Å². The highest BCUT2D eigenvalue weighted by molar-refractivity contribution is 7.92. The van der Waals surface area contributed by atoms with Crippen molar-refractivity contribution in [2.45, 2.75) is 51.1 Å². The van der Waals surface area contributed by atoms with Crippen LogP contribution < -0.4 is 14.4 Å². The van der Waals surface area contributed by atoms with Gasteiger partial charge in [-0.15, -0.1) is 0 Å². The second-order valence-electron chi connectivity index (χ2n) is 9.51. The molecule has 220 valence electrons. The Bertz CT molecular complexity index is 1470. The van der Waals surface area contributed by atoms with Gasteiger partial charge in [0.2, 0.25) is 11.8 Å². The SMILES string of the molecule is CCCNC(=O)[C@@H](CC)N(Cc1cccc(OC)c1)C(=O)CN(c1ccc(Cl)c(Cl)c1)S(=O)(=O)c1ccc(C)cc1. The van der Waals surface area contributed by atoms with Crippen LogP contribution in [0, 0.1) is 6.92 Å². The first kappa shape index (κ1) is 32.2. The zero-order valence-electron chi connectivity index (χ0n) is 23.6. The summed E-state index contributed by atoms with van der Waals surface area (Å²) in [6.07, 6.45) is 1.05. The van der Waals surface area contributed by atoms with Crippen molar-refractivity contribution in [3.05, 3.63) is 87.9 Å². The molecule has 0 aliphatic carbocycles. The fraction of sp³-hybridized carbons (Fsp3) is 0.333. The average molecular weight is 621 g/mol. The number of sulfonamides is 1. The summed E-state index contributed by atoms with van der Waals surface area (Å²) in [6, 6.07) is 17.0. The van der Waals surface area contributed by atoms with Gasteiger partial charge in [0.05, 0.1) is 27.7 Å². The Kier molecular flexibility index (Phi) is 11.5. The molecular weight excluding hydrogens is 585 g/mol. The predicted molar refractivity (Wildman–Crippen MR) is 163 cm³/mol. The minimum absolute atomic E-state index is 0.00838. The van der Waals surface area contributed by atoms with E-state index in [0.29, 0.717) is 18.7 Å². The first-order chi connectivity index (χ1) is 19.5. The highest BCUT2D eigenvalue weighted by Crippen LogP contribution is 2.31. The van der Waals surface area contributed by atoms with E-state index in [1.54, 1.807) is 37.4 Å². The van der Waals surface area contributed by atoms with Gasteiger partial charge in [0.1, 0.15) is 18.3 Å². The van der Waals surface area contributed by atoms with E-state index < -0.39 is 28.5 Å². The van der Waals surface area contributed by atoms with Gasteiger partial charge in [-0.1, -0.05) is 66.9 Å². The molecule has 0 saturated heterocycles. The lowest BCUT2D eigenvalue weighted by Crippen LogP contribution is -2.52. The largest absolute Gasteiger partial charge is 0.497 e. The summed E-state index contributed by atoms with van der Waals surface area (Å²) in [5.74, 6) is -0.279. The summed E-state index contributed by atoms with van der Waals surface area (Å²) in [6.45, 7) is 5.53. The summed E-state index contributed by atoms with van der Waals surface area (Å²) in [5.41, 5.74) is 1.77. The molecule has 3 aromatic rings. The molecule has 0 fully saturated rings. The maximum Gasteiger partial charge on any atom is 0.264 e. The Morgan fingerprint density at radius 3 is 2.29 bits per heavy atom. The Hall–Kier alpha value is -3.27. The van der Waals surface area contributed by atoms with Crippen LogP contribution in [0.3, 0.4) is 0 Å². The number of halogens is 2. The van der Waals surface area contributed by atoms with E-state index in [4.69, 9.17) is 27.9 Å². The van der Waals surface area contributed by atoms with E-state index >= 15 is 0 Å². The monoisotopic (exact) mass is 619 g/mol. The second-order valence-corrected chi connectivity index (χ2v) is 12.2. The number of carbonyl (C=O) groups is 2. The van der Waals surface area contributed by atoms with E-state index in [1.807, 2.05) is 26.8 Å². The first-order valence-corrected chi connectivity index (χ1v) is 15.5. The van der Waals surface area contributed by atoms with Gasteiger partial charge in [0.15, 0.2) is 0 Å². The molecule has 11 heteroatoms. The molecule has 0 aromatic heterocycles. The number of rotatable bonds is 13. The molecule has 0 saturated carbocycles. The average Bonchev–Trinajstić information content (AvgIpc) is 2.96. The number of amides is 2. The van der Waals surface area contributed by atoms with Crippen molar-refractivity contribution in [1.82, 2.24) is 10.2 Å². The van der Waals surface area contributed by atoms with Gasteiger partial charge in [-0.25, -0.2) is 8.42 Å². The molecule has 2 amide bonds. The van der Waals surface area contributed by atoms with E-state index in [9.17, 15) is 18.0 Å². The van der Waals surface area contributed by atoms with Crippen molar-refractivity contribution < 1.29 is 22.7 Å². The molecule has 0 spiro atoms. The van der Waals surface area contributed by atoms with Crippen LogP contribution in [0.1, 0.15) is 37.8 Å². The topological polar surface area (TPSA) is 96.0 Å². The minimum Gasteiger partial charge on any atom is -0.497 e. The Balaban J connectivity index is 2.08. The first-order valence-electron chi connectivity index (χ1n) is 13.3. The number of aryl methyl sites for hydroxylation is 1. The fourth-order valence-electron chi connectivity index (χ4n) is 4.26. The third kappa shape index (κ3) is 8.15. The minimum atomic E-state index is -4.22. The van der Waals surface area contributed by atoms with Crippen LogP contribution in [0.2, 0.25) is 10.0 Å². The quantitative estimate of drug-likeness (QED) is 0.259. The Morgan fingerprint density at radius 1 is 0.976 bits per heavy atom. The summed E-state index contributed by atoms with van der Waals surface area (Å²) < 4.78 is 34.2. The molecule has 0 unspecified atom stereocenters. The summed E-state index contributed by atoms with van der Waals surface area (Å²) in [4.78, 5) is 28.7. The summed E-state index contributed by atoms with van der Waals surface area (Å²) >= 11 is 12.4. The number of nitrogens with zero attached hydrogens (tertiary/aromatic N) is 2. The highest BCUT2D eigenvalue weighted by Gasteiger charge is 2.33. The molecule has 3 rings (SSSR count). The molecule has 0 heterocycles. The predicted octanol–water partition coefficient (Wildman–Crippen LogP) is 5.84. The van der Waals surface area contributed by atoms with E-state index in [-0.39, 0.29) is 33.1 Å². The fourth-order valence-corrected chi connectivity index (χ4v) is 5.96. The number of hydrogen-bond acceptors (Lipinski definition) is 5. The van der Waals surface area contributed by atoms with Crippen molar-refractivity contribution in [3.63, 3.8) is 0 Å². The van der Waals surface area contributed by atoms with Crippen LogP contribution in [0.4, 0.5) is 5.69 Å². The Morgan fingerprint density at radius 2 is 1.68 bits per heavy atom. The van der Waals surface area contributed by atoms with E-state index in [0.717, 1.165) is 21.9 Å². The van der Waals surface area contributed by atoms with E-state index in [2.05, 4.69) is 5.32 Å². The number of nitrogens with one attached hydrogen (secondary N) is 1. The third-order valence-electron chi connectivity index (χ3n) is 6.50. The van der Waals surface area contributed by atoms with Crippen molar-refractivity contribution in [1.29, 1.82) is 0 Å². The number of ether oxygens (including phenoxy) is 1. The number of hydrogen-bond donors (Lipinski definition) is 1. The number of benzene rings is 3. The van der Waals surface area contributed by atoms with Crippen LogP contribution in [0.15, 0.2) is 71.6 Å². The molecule has 0 radical (unpaired) electrons. The maximum absolute atomic E-state index is 14.1. The molecule has 8 nitrogen and oxygen atoms in total. The highest BCUT2D eigenvalue weighted by atomic mass is 35.5. The molecular formula is C30H35Cl2N3O5S. The van der Waals surface area contributed by atoms with Gasteiger partial charge >= 0.3 is 0 Å². The summed E-state index contributed by atoms with van der Waals surface area (Å²) in [7, 11) is -2.67. The standard InChI is InChI=1S/C30H35Cl2N3O5S/c1-5-16-33-30(37)28(6-2)34(19-22-8-7-9-24(17-22)40-4)29(36)20-35(23-12-15-26(31)27(32)18-23)41(38,39)25-13-10-21(3)11-14-25/h7-15,17-18,28H,5-6,16,19-20H2,1-4H3,(H,33,37)/t28-/m1/s1.